The zero-order valence-electron chi connectivity index (χ0n) is 5.47. The maximum absolute atomic E-state index is 11.8. The molecule has 2 unspecified atom stereocenters. The average molecular weight is 171 g/mol. The van der Waals surface area contributed by atoms with E-state index in [1.54, 1.807) is 0 Å². The van der Waals surface area contributed by atoms with Crippen LogP contribution >= 0.6 is 0 Å². The van der Waals surface area contributed by atoms with Gasteiger partial charge in [-0.25, -0.2) is 0 Å². The van der Waals surface area contributed by atoms with Gasteiger partial charge in [0.05, 0.1) is 11.5 Å². The zero-order valence-corrected chi connectivity index (χ0v) is 5.47. The Balaban J connectivity index is 2.60. The first-order valence-corrected chi connectivity index (χ1v) is 3.00. The Hall–Kier alpha value is -0.330. The molecule has 0 radical (unpaired) electrons. The third-order valence-corrected chi connectivity index (χ3v) is 1.92. The smallest absolute Gasteiger partial charge is 0.367 e. The van der Waals surface area contributed by atoms with E-state index in [1.165, 1.54) is 0 Å². The Kier molecular flexibility index (Phi) is 1.66. The van der Waals surface area contributed by atoms with Crippen molar-refractivity contribution in [1.29, 1.82) is 0 Å². The normalized spacial score (nSPS) is 37.9. The van der Waals surface area contributed by atoms with Crippen LogP contribution in [-0.4, -0.2) is 28.2 Å². The van der Waals surface area contributed by atoms with Crippen LogP contribution in [0.5, 0.6) is 0 Å². The fourth-order valence-corrected chi connectivity index (χ4v) is 1.00. The lowest BCUT2D eigenvalue weighted by Gasteiger charge is -2.14. The van der Waals surface area contributed by atoms with Gasteiger partial charge >= 0.3 is 6.18 Å². The number of nitrogens with two attached hydrogens (primary N) is 1. The van der Waals surface area contributed by atoms with Crippen LogP contribution in [-0.2, 0) is 0 Å². The van der Waals surface area contributed by atoms with Crippen molar-refractivity contribution >= 4 is 0 Å². The lowest BCUT2D eigenvalue weighted by molar-refractivity contribution is -0.167. The van der Waals surface area contributed by atoms with Crippen LogP contribution in [0.25, 0.3) is 0 Å². The van der Waals surface area contributed by atoms with E-state index >= 15 is 0 Å². The fraction of sp³-hybridized carbons (Fsp3) is 1.00. The van der Waals surface area contributed by atoms with Crippen LogP contribution in [0, 0.1) is 5.92 Å². The van der Waals surface area contributed by atoms with Crippen molar-refractivity contribution in [3.63, 3.8) is 0 Å². The van der Waals surface area contributed by atoms with Gasteiger partial charge in [-0.1, -0.05) is 0 Å². The monoisotopic (exact) mass is 171 g/mol. The molecule has 0 bridgehead atoms. The van der Waals surface area contributed by atoms with Crippen LogP contribution < -0.4 is 5.73 Å². The highest BCUT2D eigenvalue weighted by atomic mass is 19.4. The maximum atomic E-state index is 11.8. The highest BCUT2D eigenvalue weighted by molar-refractivity contribution is 5.12. The third-order valence-electron chi connectivity index (χ3n) is 1.92. The molecule has 1 aliphatic rings. The van der Waals surface area contributed by atoms with E-state index in [0.29, 0.717) is 0 Å². The van der Waals surface area contributed by atoms with E-state index in [2.05, 4.69) is 0 Å². The summed E-state index contributed by atoms with van der Waals surface area (Å²) in [5.74, 6) is -1.77. The maximum Gasteiger partial charge on any atom is 0.393 e. The Labute approximate surface area is 60.6 Å². The molecule has 0 heterocycles. The van der Waals surface area contributed by atoms with E-state index in [1.807, 2.05) is 0 Å². The van der Waals surface area contributed by atoms with E-state index in [0.717, 1.165) is 0 Å². The van der Waals surface area contributed by atoms with Crippen molar-refractivity contribution in [2.24, 2.45) is 11.7 Å². The Morgan fingerprint density at radius 3 is 2.00 bits per heavy atom. The summed E-state index contributed by atoms with van der Waals surface area (Å²) >= 11 is 0. The molecule has 0 spiro atoms. The summed E-state index contributed by atoms with van der Waals surface area (Å²) < 4.78 is 35.4. The predicted octanol–water partition coefficient (Wildman–Crippen LogP) is -0.423. The molecule has 3 nitrogen and oxygen atoms in total. The second-order valence-corrected chi connectivity index (χ2v) is 2.78. The van der Waals surface area contributed by atoms with Gasteiger partial charge in [-0.15, -0.1) is 0 Å². The van der Waals surface area contributed by atoms with Gasteiger partial charge in [0.25, 0.3) is 0 Å². The molecule has 0 aromatic rings. The van der Waals surface area contributed by atoms with Gasteiger partial charge in [-0.3, -0.25) is 0 Å². The van der Waals surface area contributed by atoms with Gasteiger partial charge in [0.2, 0.25) is 0 Å². The Morgan fingerprint density at radius 2 is 1.91 bits per heavy atom. The molecule has 6 heteroatoms. The minimum absolute atomic E-state index is 0.409. The molecule has 0 aromatic carbocycles. The summed E-state index contributed by atoms with van der Waals surface area (Å²) in [6.45, 7) is 0. The van der Waals surface area contributed by atoms with E-state index in [-0.39, 0.29) is 0 Å². The fourth-order valence-electron chi connectivity index (χ4n) is 1.00. The van der Waals surface area contributed by atoms with Crippen molar-refractivity contribution in [3.05, 3.63) is 0 Å². The number of aliphatic hydroxyl groups excluding tert-OH is 1. The lowest BCUT2D eigenvalue weighted by Crippen LogP contribution is -2.42. The molecule has 0 aromatic heterocycles. The highest BCUT2D eigenvalue weighted by Gasteiger charge is 2.68. The first-order chi connectivity index (χ1) is 4.78. The molecule has 0 aliphatic heterocycles. The summed E-state index contributed by atoms with van der Waals surface area (Å²) in [7, 11) is 0. The molecule has 1 rings (SSSR count). The molecule has 4 N–H and O–H groups in total. The molecule has 0 amide bonds. The van der Waals surface area contributed by atoms with Crippen molar-refractivity contribution in [1.82, 2.24) is 0 Å². The molecule has 1 saturated carbocycles. The van der Waals surface area contributed by atoms with Crippen LogP contribution in [0.1, 0.15) is 6.42 Å². The molecule has 0 saturated heterocycles. The molecule has 2 atom stereocenters. The number of halogens is 3. The summed E-state index contributed by atoms with van der Waals surface area (Å²) in [5, 5.41) is 16.8. The molecular formula is C5H8F3NO2. The summed E-state index contributed by atoms with van der Waals surface area (Å²) in [4.78, 5) is 0. The van der Waals surface area contributed by atoms with Crippen LogP contribution in [0.4, 0.5) is 13.2 Å². The molecule has 66 valence electrons. The van der Waals surface area contributed by atoms with E-state index < -0.39 is 30.3 Å². The Morgan fingerprint density at radius 1 is 1.45 bits per heavy atom. The third kappa shape index (κ3) is 1.33. The van der Waals surface area contributed by atoms with Gasteiger partial charge in [0.15, 0.2) is 6.29 Å². The first kappa shape index (κ1) is 8.76. The molecule has 11 heavy (non-hydrogen) atoms. The quantitative estimate of drug-likeness (QED) is 0.469. The SMILES string of the molecule is NC1(C(O)O)CC1C(F)(F)F. The highest BCUT2D eigenvalue weighted by Crippen LogP contribution is 2.52. The van der Waals surface area contributed by atoms with Gasteiger partial charge in [0, 0.05) is 0 Å². The predicted molar refractivity (Wildman–Crippen MR) is 29.3 cm³/mol. The molecule has 1 aliphatic carbocycles. The van der Waals surface area contributed by atoms with E-state index in [4.69, 9.17) is 15.9 Å². The van der Waals surface area contributed by atoms with Crippen molar-refractivity contribution in [2.75, 3.05) is 0 Å². The number of hydrogen-bond donors (Lipinski definition) is 3. The summed E-state index contributed by atoms with van der Waals surface area (Å²) in [5.41, 5.74) is 3.14. The van der Waals surface area contributed by atoms with Gasteiger partial charge in [-0.05, 0) is 6.42 Å². The van der Waals surface area contributed by atoms with Gasteiger partial charge < -0.3 is 15.9 Å². The van der Waals surface area contributed by atoms with Crippen molar-refractivity contribution in [3.8, 4) is 0 Å². The number of alkyl halides is 3. The van der Waals surface area contributed by atoms with Crippen molar-refractivity contribution in [2.45, 2.75) is 24.4 Å². The minimum Gasteiger partial charge on any atom is -0.367 e. The zero-order chi connectivity index (χ0) is 8.86. The van der Waals surface area contributed by atoms with Crippen LogP contribution in [0.3, 0.4) is 0 Å². The number of hydrogen-bond acceptors (Lipinski definition) is 3. The minimum atomic E-state index is -4.42. The number of aliphatic hydroxyl groups is 2. The topological polar surface area (TPSA) is 66.5 Å². The van der Waals surface area contributed by atoms with Crippen molar-refractivity contribution < 1.29 is 23.4 Å². The second kappa shape index (κ2) is 2.09. The number of rotatable bonds is 1. The standard InChI is InChI=1S/C5H8F3NO2/c6-5(7,8)2-1-4(2,9)3(10)11/h2-3,10-11H,1,9H2. The summed E-state index contributed by atoms with van der Waals surface area (Å²) in [6.07, 6.45) is -6.92. The summed E-state index contributed by atoms with van der Waals surface area (Å²) in [6, 6.07) is 0. The van der Waals surface area contributed by atoms with Gasteiger partial charge in [0.1, 0.15) is 0 Å². The van der Waals surface area contributed by atoms with Gasteiger partial charge in [-0.2, -0.15) is 13.2 Å². The second-order valence-electron chi connectivity index (χ2n) is 2.78. The van der Waals surface area contributed by atoms with E-state index in [9.17, 15) is 13.2 Å². The average Bonchev–Trinajstić information content (AvgIpc) is 2.41. The molecule has 1 fully saturated rings. The molecular weight excluding hydrogens is 163 g/mol. The Bertz CT molecular complexity index is 170. The first-order valence-electron chi connectivity index (χ1n) is 3.00. The lowest BCUT2D eigenvalue weighted by atomic mass is 10.2. The largest absolute Gasteiger partial charge is 0.393 e. The van der Waals surface area contributed by atoms with Crippen LogP contribution in [0.15, 0.2) is 0 Å². The van der Waals surface area contributed by atoms with Crippen LogP contribution in [0.2, 0.25) is 0 Å².